The number of hydrogen-bond acceptors (Lipinski definition) is 4. The van der Waals surface area contributed by atoms with Gasteiger partial charge in [-0.1, -0.05) is 29.3 Å². The van der Waals surface area contributed by atoms with Crippen molar-refractivity contribution in [2.75, 3.05) is 20.3 Å². The number of benzene rings is 1. The van der Waals surface area contributed by atoms with E-state index in [1.165, 1.54) is 7.11 Å². The Morgan fingerprint density at radius 3 is 2.60 bits per heavy atom. The number of halogens is 2. The van der Waals surface area contributed by atoms with Gasteiger partial charge in [-0.25, -0.2) is 4.79 Å². The number of carbonyl (C=O) groups is 2. The topological polar surface area (TPSA) is 64.6 Å². The molecule has 0 fully saturated rings. The number of hydrogen-bond donors (Lipinski definition) is 1. The Kier molecular flexibility index (Phi) is 6.78. The first kappa shape index (κ1) is 16.8. The van der Waals surface area contributed by atoms with E-state index in [0.29, 0.717) is 10.0 Å². The van der Waals surface area contributed by atoms with Crippen LogP contribution in [0.4, 0.5) is 0 Å². The first-order valence-electron chi connectivity index (χ1n) is 5.83. The zero-order chi connectivity index (χ0) is 15.1. The van der Waals surface area contributed by atoms with Crippen LogP contribution in [0, 0.1) is 0 Å². The number of rotatable bonds is 6. The predicted octanol–water partition coefficient (Wildman–Crippen LogP) is 2.36. The van der Waals surface area contributed by atoms with Crippen molar-refractivity contribution in [1.82, 2.24) is 5.32 Å². The van der Waals surface area contributed by atoms with Crippen LogP contribution in [0.15, 0.2) is 18.2 Å². The number of nitrogens with one attached hydrogen (secondary N) is 1. The zero-order valence-corrected chi connectivity index (χ0v) is 12.6. The highest BCUT2D eigenvalue weighted by molar-refractivity contribution is 6.35. The minimum Gasteiger partial charge on any atom is -0.454 e. The Hall–Kier alpha value is -1.30. The lowest BCUT2D eigenvalue weighted by atomic mass is 10.1. The fourth-order valence-electron chi connectivity index (χ4n) is 1.52. The quantitative estimate of drug-likeness (QED) is 0.817. The van der Waals surface area contributed by atoms with Gasteiger partial charge < -0.3 is 14.8 Å². The van der Waals surface area contributed by atoms with E-state index in [-0.39, 0.29) is 19.3 Å². The molecular weight excluding hydrogens is 305 g/mol. The van der Waals surface area contributed by atoms with Gasteiger partial charge in [0.15, 0.2) is 6.61 Å². The van der Waals surface area contributed by atoms with Crippen molar-refractivity contribution in [1.29, 1.82) is 0 Å². The lowest BCUT2D eigenvalue weighted by Gasteiger charge is -2.16. The lowest BCUT2D eigenvalue weighted by molar-refractivity contribution is -0.152. The van der Waals surface area contributed by atoms with Gasteiger partial charge in [0.25, 0.3) is 5.91 Å². The molecule has 1 rings (SSSR count). The number of esters is 1. The number of methoxy groups -OCH3 is 1. The maximum atomic E-state index is 11.6. The van der Waals surface area contributed by atoms with Crippen molar-refractivity contribution in [2.24, 2.45) is 0 Å². The lowest BCUT2D eigenvalue weighted by Crippen LogP contribution is -2.31. The molecule has 1 atom stereocenters. The van der Waals surface area contributed by atoms with Crippen molar-refractivity contribution in [2.45, 2.75) is 13.0 Å². The highest BCUT2D eigenvalue weighted by Gasteiger charge is 2.14. The van der Waals surface area contributed by atoms with Crippen molar-refractivity contribution in [3.63, 3.8) is 0 Å². The second-order valence-electron chi connectivity index (χ2n) is 4.05. The van der Waals surface area contributed by atoms with E-state index in [9.17, 15) is 9.59 Å². The van der Waals surface area contributed by atoms with Crippen molar-refractivity contribution in [3.8, 4) is 0 Å². The monoisotopic (exact) mass is 319 g/mol. The van der Waals surface area contributed by atoms with Crippen LogP contribution >= 0.6 is 23.2 Å². The van der Waals surface area contributed by atoms with E-state index >= 15 is 0 Å². The van der Waals surface area contributed by atoms with Crippen LogP contribution in [0.2, 0.25) is 10.0 Å². The maximum Gasteiger partial charge on any atom is 0.332 e. The van der Waals surface area contributed by atoms with Gasteiger partial charge in [0.05, 0.1) is 6.04 Å². The average Bonchev–Trinajstić information content (AvgIpc) is 2.36. The van der Waals surface area contributed by atoms with Crippen molar-refractivity contribution >= 4 is 35.1 Å². The van der Waals surface area contributed by atoms with E-state index in [0.717, 1.165) is 5.56 Å². The molecule has 110 valence electrons. The summed E-state index contributed by atoms with van der Waals surface area (Å²) in [5.74, 6) is -1.02. The fraction of sp³-hybridized carbons (Fsp3) is 0.385. The van der Waals surface area contributed by atoms with Crippen LogP contribution in [0.1, 0.15) is 18.5 Å². The highest BCUT2D eigenvalue weighted by atomic mass is 35.5. The van der Waals surface area contributed by atoms with Crippen LogP contribution in [0.5, 0.6) is 0 Å². The average molecular weight is 320 g/mol. The second-order valence-corrected chi connectivity index (χ2v) is 4.89. The molecule has 0 unspecified atom stereocenters. The molecule has 0 radical (unpaired) electrons. The molecule has 20 heavy (non-hydrogen) atoms. The molecule has 0 bridgehead atoms. The molecule has 0 aliphatic rings. The van der Waals surface area contributed by atoms with E-state index < -0.39 is 11.9 Å². The summed E-state index contributed by atoms with van der Waals surface area (Å²) in [6, 6.07) is 4.68. The Bertz CT molecular complexity index is 493. The van der Waals surface area contributed by atoms with Gasteiger partial charge in [0.1, 0.15) is 6.61 Å². The molecule has 0 spiro atoms. The Labute approximate surface area is 127 Å². The van der Waals surface area contributed by atoms with Gasteiger partial charge in [0.2, 0.25) is 0 Å². The van der Waals surface area contributed by atoms with E-state index in [1.54, 1.807) is 25.1 Å². The summed E-state index contributed by atoms with van der Waals surface area (Å²) in [4.78, 5) is 22.6. The van der Waals surface area contributed by atoms with Crippen molar-refractivity contribution in [3.05, 3.63) is 33.8 Å². The van der Waals surface area contributed by atoms with Gasteiger partial charge in [-0.15, -0.1) is 0 Å². The molecule has 0 heterocycles. The third-order valence-electron chi connectivity index (χ3n) is 2.43. The third kappa shape index (κ3) is 5.36. The summed E-state index contributed by atoms with van der Waals surface area (Å²) in [5.41, 5.74) is 0.729. The molecule has 1 aromatic carbocycles. The third-order valence-corrected chi connectivity index (χ3v) is 3.00. The van der Waals surface area contributed by atoms with Crippen LogP contribution in [-0.4, -0.2) is 32.2 Å². The Balaban J connectivity index is 2.51. The number of amides is 1. The molecule has 1 N–H and O–H groups in total. The predicted molar refractivity (Wildman–Crippen MR) is 75.9 cm³/mol. The first-order valence-corrected chi connectivity index (χ1v) is 6.58. The molecule has 0 aromatic heterocycles. The normalized spacial score (nSPS) is 11.8. The molecule has 0 saturated heterocycles. The summed E-state index contributed by atoms with van der Waals surface area (Å²) >= 11 is 11.8. The molecular formula is C13H15Cl2NO4. The SMILES string of the molecule is COCC(=O)OCC(=O)N[C@@H](C)c1ccc(Cl)cc1Cl. The summed E-state index contributed by atoms with van der Waals surface area (Å²) in [6.45, 7) is 1.22. The van der Waals surface area contributed by atoms with Crippen LogP contribution in [-0.2, 0) is 19.1 Å². The minimum atomic E-state index is -0.597. The van der Waals surface area contributed by atoms with Gasteiger partial charge in [-0.05, 0) is 24.6 Å². The summed E-state index contributed by atoms with van der Waals surface area (Å²) in [6.07, 6.45) is 0. The maximum absolute atomic E-state index is 11.6. The fourth-order valence-corrected chi connectivity index (χ4v) is 2.09. The number of ether oxygens (including phenoxy) is 2. The van der Waals surface area contributed by atoms with E-state index in [2.05, 4.69) is 10.1 Å². The zero-order valence-electron chi connectivity index (χ0n) is 11.1. The van der Waals surface area contributed by atoms with Gasteiger partial charge in [0, 0.05) is 17.2 Å². The summed E-state index contributed by atoms with van der Waals surface area (Å²) in [7, 11) is 1.37. The van der Waals surface area contributed by atoms with Crippen molar-refractivity contribution < 1.29 is 19.1 Å². The van der Waals surface area contributed by atoms with Crippen LogP contribution in [0.25, 0.3) is 0 Å². The smallest absolute Gasteiger partial charge is 0.332 e. The summed E-state index contributed by atoms with van der Waals surface area (Å²) < 4.78 is 9.28. The van der Waals surface area contributed by atoms with Gasteiger partial charge >= 0.3 is 5.97 Å². The van der Waals surface area contributed by atoms with E-state index in [4.69, 9.17) is 27.9 Å². The Morgan fingerprint density at radius 2 is 2.00 bits per heavy atom. The van der Waals surface area contributed by atoms with Gasteiger partial charge in [-0.2, -0.15) is 0 Å². The second kappa shape index (κ2) is 8.09. The first-order chi connectivity index (χ1) is 9.43. The minimum absolute atomic E-state index is 0.189. The molecule has 0 aliphatic carbocycles. The standard InChI is InChI=1S/C13H15Cl2NO4/c1-8(10-4-3-9(14)5-11(10)15)16-12(17)6-20-13(18)7-19-2/h3-5,8H,6-7H2,1-2H3,(H,16,17)/t8-/m0/s1. The molecule has 1 amide bonds. The van der Waals surface area contributed by atoms with E-state index in [1.807, 2.05) is 0 Å². The number of carbonyl (C=O) groups excluding carboxylic acids is 2. The molecule has 0 aliphatic heterocycles. The molecule has 0 saturated carbocycles. The molecule has 5 nitrogen and oxygen atoms in total. The van der Waals surface area contributed by atoms with Gasteiger partial charge in [-0.3, -0.25) is 4.79 Å². The summed E-state index contributed by atoms with van der Waals surface area (Å²) in [5, 5.41) is 3.65. The molecule has 1 aromatic rings. The Morgan fingerprint density at radius 1 is 1.30 bits per heavy atom. The van der Waals surface area contributed by atoms with Crippen LogP contribution < -0.4 is 5.32 Å². The largest absolute Gasteiger partial charge is 0.454 e. The van der Waals surface area contributed by atoms with Crippen LogP contribution in [0.3, 0.4) is 0 Å². The molecule has 7 heteroatoms. The highest BCUT2D eigenvalue weighted by Crippen LogP contribution is 2.25.